The molecular weight excluding hydrogens is 194 g/mol. The number of hydrogen-bond donors (Lipinski definition) is 3. The van der Waals surface area contributed by atoms with Gasteiger partial charge in [-0.05, 0) is 19.3 Å². The Morgan fingerprint density at radius 3 is 2.33 bits per heavy atom. The molecule has 0 aliphatic carbocycles. The summed E-state index contributed by atoms with van der Waals surface area (Å²) >= 11 is 0. The molecule has 5 heteroatoms. The summed E-state index contributed by atoms with van der Waals surface area (Å²) in [7, 11) is 0. The van der Waals surface area contributed by atoms with Crippen molar-refractivity contribution in [3.8, 4) is 0 Å². The Hall–Kier alpha value is -1.10. The van der Waals surface area contributed by atoms with Crippen LogP contribution in [0, 0.1) is 5.92 Å². The summed E-state index contributed by atoms with van der Waals surface area (Å²) in [5, 5.41) is 5.52. The van der Waals surface area contributed by atoms with E-state index in [1.54, 1.807) is 6.92 Å². The molecule has 0 aliphatic heterocycles. The zero-order valence-corrected chi connectivity index (χ0v) is 9.67. The third-order valence-electron chi connectivity index (χ3n) is 2.00. The third kappa shape index (κ3) is 7.93. The number of amides is 2. The van der Waals surface area contributed by atoms with E-state index in [0.29, 0.717) is 12.5 Å². The zero-order valence-electron chi connectivity index (χ0n) is 9.67. The van der Waals surface area contributed by atoms with Crippen LogP contribution in [0.3, 0.4) is 0 Å². The Balaban J connectivity index is 3.64. The fourth-order valence-electron chi connectivity index (χ4n) is 0.984. The first-order valence-corrected chi connectivity index (χ1v) is 5.23. The lowest BCUT2D eigenvalue weighted by Gasteiger charge is -2.13. The van der Waals surface area contributed by atoms with Crippen LogP contribution in [0.1, 0.15) is 27.2 Å². The molecule has 0 aliphatic rings. The van der Waals surface area contributed by atoms with Crippen molar-refractivity contribution in [1.82, 2.24) is 10.6 Å². The summed E-state index contributed by atoms with van der Waals surface area (Å²) in [6.45, 7) is 6.59. The molecular formula is C10H21N3O2. The molecule has 15 heavy (non-hydrogen) atoms. The van der Waals surface area contributed by atoms with Crippen LogP contribution in [-0.4, -0.2) is 30.9 Å². The first-order valence-electron chi connectivity index (χ1n) is 5.23. The predicted molar refractivity (Wildman–Crippen MR) is 59.1 cm³/mol. The third-order valence-corrected chi connectivity index (χ3v) is 2.00. The molecule has 0 heterocycles. The maximum atomic E-state index is 11.4. The van der Waals surface area contributed by atoms with Crippen LogP contribution in [0.25, 0.3) is 0 Å². The molecule has 5 nitrogen and oxygen atoms in total. The van der Waals surface area contributed by atoms with Crippen LogP contribution in [-0.2, 0) is 9.59 Å². The number of carbonyl (C=O) groups excluding carboxylic acids is 2. The second kappa shape index (κ2) is 7.23. The number of carbonyl (C=O) groups is 2. The Morgan fingerprint density at radius 1 is 1.27 bits per heavy atom. The summed E-state index contributed by atoms with van der Waals surface area (Å²) in [6.07, 6.45) is 0.953. The molecule has 1 atom stereocenters. The number of nitrogens with two attached hydrogens (primary N) is 1. The molecule has 0 aromatic carbocycles. The number of rotatable bonds is 7. The van der Waals surface area contributed by atoms with Crippen molar-refractivity contribution in [1.29, 1.82) is 0 Å². The minimum Gasteiger partial charge on any atom is -0.369 e. The zero-order chi connectivity index (χ0) is 11.8. The number of primary amides is 1. The van der Waals surface area contributed by atoms with Crippen LogP contribution in [0.2, 0.25) is 0 Å². The van der Waals surface area contributed by atoms with Gasteiger partial charge in [-0.1, -0.05) is 13.8 Å². The Morgan fingerprint density at radius 2 is 1.87 bits per heavy atom. The molecule has 0 spiro atoms. The smallest absolute Gasteiger partial charge is 0.236 e. The van der Waals surface area contributed by atoms with E-state index in [1.165, 1.54) is 0 Å². The molecule has 0 bridgehead atoms. The highest BCUT2D eigenvalue weighted by molar-refractivity contribution is 5.82. The van der Waals surface area contributed by atoms with E-state index in [0.717, 1.165) is 6.42 Å². The molecule has 0 aromatic heterocycles. The second-order valence-corrected chi connectivity index (χ2v) is 4.04. The van der Waals surface area contributed by atoms with Gasteiger partial charge in [-0.15, -0.1) is 0 Å². The van der Waals surface area contributed by atoms with E-state index >= 15 is 0 Å². The van der Waals surface area contributed by atoms with Crippen LogP contribution < -0.4 is 16.4 Å². The number of nitrogens with one attached hydrogen (secondary N) is 2. The van der Waals surface area contributed by atoms with Crippen molar-refractivity contribution in [2.24, 2.45) is 11.7 Å². The summed E-state index contributed by atoms with van der Waals surface area (Å²) in [6, 6.07) is -0.385. The van der Waals surface area contributed by atoms with Gasteiger partial charge in [0.2, 0.25) is 11.8 Å². The SMILES string of the molecule is CC(C)CCNC(=O)C(C)NCC(N)=O. The average Bonchev–Trinajstić information content (AvgIpc) is 2.13. The molecule has 88 valence electrons. The van der Waals surface area contributed by atoms with Gasteiger partial charge in [-0.25, -0.2) is 0 Å². The fourth-order valence-corrected chi connectivity index (χ4v) is 0.984. The van der Waals surface area contributed by atoms with Crippen molar-refractivity contribution in [2.75, 3.05) is 13.1 Å². The van der Waals surface area contributed by atoms with Gasteiger partial charge in [0, 0.05) is 6.54 Å². The lowest BCUT2D eigenvalue weighted by molar-refractivity contribution is -0.123. The first kappa shape index (κ1) is 13.9. The topological polar surface area (TPSA) is 84.2 Å². The van der Waals surface area contributed by atoms with Gasteiger partial charge in [0.05, 0.1) is 12.6 Å². The van der Waals surface area contributed by atoms with E-state index in [-0.39, 0.29) is 18.5 Å². The van der Waals surface area contributed by atoms with Crippen molar-refractivity contribution < 1.29 is 9.59 Å². The largest absolute Gasteiger partial charge is 0.369 e. The molecule has 0 saturated heterocycles. The summed E-state index contributed by atoms with van der Waals surface area (Å²) in [5.41, 5.74) is 4.95. The van der Waals surface area contributed by atoms with E-state index in [1.807, 2.05) is 0 Å². The molecule has 0 saturated carbocycles. The van der Waals surface area contributed by atoms with E-state index in [4.69, 9.17) is 5.73 Å². The van der Waals surface area contributed by atoms with Crippen LogP contribution in [0.4, 0.5) is 0 Å². The monoisotopic (exact) mass is 215 g/mol. The van der Waals surface area contributed by atoms with Gasteiger partial charge in [-0.3, -0.25) is 14.9 Å². The summed E-state index contributed by atoms with van der Waals surface area (Å²) < 4.78 is 0. The molecule has 4 N–H and O–H groups in total. The Kier molecular flexibility index (Phi) is 6.70. The molecule has 0 aromatic rings. The van der Waals surface area contributed by atoms with Crippen molar-refractivity contribution in [2.45, 2.75) is 33.2 Å². The fraction of sp³-hybridized carbons (Fsp3) is 0.800. The highest BCUT2D eigenvalue weighted by Crippen LogP contribution is 1.96. The van der Waals surface area contributed by atoms with Gasteiger partial charge in [-0.2, -0.15) is 0 Å². The van der Waals surface area contributed by atoms with Crippen LogP contribution in [0.5, 0.6) is 0 Å². The van der Waals surface area contributed by atoms with Gasteiger partial charge in [0.1, 0.15) is 0 Å². The summed E-state index contributed by atoms with van der Waals surface area (Å²) in [4.78, 5) is 21.9. The minimum atomic E-state index is -0.461. The standard InChI is InChI=1S/C10H21N3O2/c1-7(2)4-5-12-10(15)8(3)13-6-9(11)14/h7-8,13H,4-6H2,1-3H3,(H2,11,14)(H,12,15). The molecule has 0 rings (SSSR count). The van der Waals surface area contributed by atoms with Crippen LogP contribution >= 0.6 is 0 Å². The molecule has 2 amide bonds. The van der Waals surface area contributed by atoms with Crippen molar-refractivity contribution >= 4 is 11.8 Å². The molecule has 0 radical (unpaired) electrons. The summed E-state index contributed by atoms with van der Waals surface area (Å²) in [5.74, 6) is 0.00733. The van der Waals surface area contributed by atoms with Crippen molar-refractivity contribution in [3.05, 3.63) is 0 Å². The minimum absolute atomic E-state index is 0.0266. The average molecular weight is 215 g/mol. The number of hydrogen-bond acceptors (Lipinski definition) is 3. The molecule has 0 fully saturated rings. The Labute approximate surface area is 90.8 Å². The first-order chi connectivity index (χ1) is 6.93. The van der Waals surface area contributed by atoms with Gasteiger partial charge in [0.15, 0.2) is 0 Å². The quantitative estimate of drug-likeness (QED) is 0.541. The normalized spacial score (nSPS) is 12.5. The van der Waals surface area contributed by atoms with Gasteiger partial charge in [0.25, 0.3) is 0 Å². The van der Waals surface area contributed by atoms with Gasteiger partial charge >= 0.3 is 0 Å². The van der Waals surface area contributed by atoms with E-state index < -0.39 is 5.91 Å². The van der Waals surface area contributed by atoms with Gasteiger partial charge < -0.3 is 11.1 Å². The highest BCUT2D eigenvalue weighted by Gasteiger charge is 2.11. The maximum absolute atomic E-state index is 11.4. The Bertz CT molecular complexity index is 217. The highest BCUT2D eigenvalue weighted by atomic mass is 16.2. The lowest BCUT2D eigenvalue weighted by Crippen LogP contribution is -2.45. The lowest BCUT2D eigenvalue weighted by atomic mass is 10.1. The maximum Gasteiger partial charge on any atom is 0.236 e. The predicted octanol–water partition coefficient (Wildman–Crippen LogP) is -0.388. The van der Waals surface area contributed by atoms with Crippen LogP contribution in [0.15, 0.2) is 0 Å². The van der Waals surface area contributed by atoms with E-state index in [2.05, 4.69) is 24.5 Å². The van der Waals surface area contributed by atoms with Crippen molar-refractivity contribution in [3.63, 3.8) is 0 Å². The van der Waals surface area contributed by atoms with E-state index in [9.17, 15) is 9.59 Å². The molecule has 1 unspecified atom stereocenters. The second-order valence-electron chi connectivity index (χ2n) is 4.04.